The molecule has 2 rings (SSSR count). The molecule has 2 amide bonds. The minimum absolute atomic E-state index is 0.567. The molecule has 0 atom stereocenters. The van der Waals surface area contributed by atoms with Gasteiger partial charge < -0.3 is 5.32 Å². The number of carbonyl (C=O) groups is 2. The van der Waals surface area contributed by atoms with Gasteiger partial charge in [-0.1, -0.05) is 40.2 Å². The first-order valence-electron chi connectivity index (χ1n) is 6.51. The minimum atomic E-state index is -0.824. The Morgan fingerprint density at radius 1 is 1.09 bits per heavy atom. The van der Waals surface area contributed by atoms with Crippen molar-refractivity contribution in [2.45, 2.75) is 6.92 Å². The van der Waals surface area contributed by atoms with E-state index in [1.54, 1.807) is 18.2 Å². The van der Waals surface area contributed by atoms with Gasteiger partial charge >= 0.3 is 11.8 Å². The number of amides is 2. The van der Waals surface area contributed by atoms with Gasteiger partial charge in [-0.3, -0.25) is 9.59 Å². The Bertz CT molecular complexity index is 712. The third-order valence-corrected chi connectivity index (χ3v) is 3.26. The minimum Gasteiger partial charge on any atom is -0.318 e. The molecule has 0 saturated carbocycles. The van der Waals surface area contributed by atoms with Crippen molar-refractivity contribution in [1.29, 1.82) is 0 Å². The highest BCUT2D eigenvalue weighted by Gasteiger charge is 2.12. The Balaban J connectivity index is 1.89. The van der Waals surface area contributed by atoms with Gasteiger partial charge in [-0.2, -0.15) is 5.10 Å². The predicted octanol–water partition coefficient (Wildman–Crippen LogP) is 2.85. The third kappa shape index (κ3) is 4.82. The van der Waals surface area contributed by atoms with Crippen molar-refractivity contribution >= 4 is 39.6 Å². The van der Waals surface area contributed by atoms with Gasteiger partial charge in [-0.05, 0) is 42.3 Å². The van der Waals surface area contributed by atoms with E-state index in [-0.39, 0.29) is 0 Å². The summed E-state index contributed by atoms with van der Waals surface area (Å²) in [6, 6.07) is 14.5. The van der Waals surface area contributed by atoms with Gasteiger partial charge in [0.25, 0.3) is 0 Å². The van der Waals surface area contributed by atoms with Crippen molar-refractivity contribution in [3.8, 4) is 0 Å². The van der Waals surface area contributed by atoms with Crippen LogP contribution in [0.25, 0.3) is 0 Å². The number of nitrogens with one attached hydrogen (secondary N) is 2. The zero-order valence-electron chi connectivity index (χ0n) is 11.8. The first kappa shape index (κ1) is 15.9. The Labute approximate surface area is 136 Å². The lowest BCUT2D eigenvalue weighted by Gasteiger charge is -2.04. The van der Waals surface area contributed by atoms with Gasteiger partial charge in [0.15, 0.2) is 0 Å². The van der Waals surface area contributed by atoms with Gasteiger partial charge in [0.2, 0.25) is 0 Å². The second kappa shape index (κ2) is 7.51. The molecule has 0 aliphatic carbocycles. The van der Waals surface area contributed by atoms with E-state index in [0.717, 1.165) is 15.6 Å². The van der Waals surface area contributed by atoms with E-state index < -0.39 is 11.8 Å². The molecule has 22 heavy (non-hydrogen) atoms. The Hall–Kier alpha value is -2.47. The summed E-state index contributed by atoms with van der Waals surface area (Å²) in [6.07, 6.45) is 1.46. The third-order valence-electron chi connectivity index (χ3n) is 2.73. The number of aryl methyl sites for hydroxylation is 1. The topological polar surface area (TPSA) is 70.6 Å². The lowest BCUT2D eigenvalue weighted by molar-refractivity contribution is -0.136. The number of anilines is 1. The maximum Gasteiger partial charge on any atom is 0.329 e. The smallest absolute Gasteiger partial charge is 0.318 e. The summed E-state index contributed by atoms with van der Waals surface area (Å²) in [4.78, 5) is 23.3. The standard InChI is InChI=1S/C16H14BrN3O2/c1-11-3-2-4-14(9-11)19-15(21)16(22)20-18-10-12-5-7-13(17)8-6-12/h2-10H,1H3,(H,19,21)(H,20,22). The highest BCUT2D eigenvalue weighted by molar-refractivity contribution is 9.10. The highest BCUT2D eigenvalue weighted by Crippen LogP contribution is 2.09. The van der Waals surface area contributed by atoms with Gasteiger partial charge in [-0.15, -0.1) is 0 Å². The quantitative estimate of drug-likeness (QED) is 0.502. The number of halogens is 1. The molecule has 2 N–H and O–H groups in total. The second-order valence-electron chi connectivity index (χ2n) is 4.57. The molecule has 0 unspecified atom stereocenters. The molecule has 0 heterocycles. The van der Waals surface area contributed by atoms with Crippen LogP contribution in [0.4, 0.5) is 5.69 Å². The van der Waals surface area contributed by atoms with Gasteiger partial charge in [-0.25, -0.2) is 5.43 Å². The van der Waals surface area contributed by atoms with E-state index in [9.17, 15) is 9.59 Å². The van der Waals surface area contributed by atoms with Crippen molar-refractivity contribution in [1.82, 2.24) is 5.43 Å². The Morgan fingerprint density at radius 2 is 1.82 bits per heavy atom. The molecule has 2 aromatic rings. The predicted molar refractivity (Wildman–Crippen MR) is 89.7 cm³/mol. The molecule has 0 radical (unpaired) electrons. The average molecular weight is 360 g/mol. The van der Waals surface area contributed by atoms with Crippen LogP contribution in [0, 0.1) is 6.92 Å². The normalized spacial score (nSPS) is 10.5. The van der Waals surface area contributed by atoms with Crippen LogP contribution < -0.4 is 10.7 Å². The molecule has 0 fully saturated rings. The van der Waals surface area contributed by atoms with Crippen molar-refractivity contribution in [3.63, 3.8) is 0 Å². The molecule has 2 aromatic carbocycles. The molecule has 0 bridgehead atoms. The van der Waals surface area contributed by atoms with Crippen molar-refractivity contribution in [3.05, 3.63) is 64.1 Å². The van der Waals surface area contributed by atoms with Crippen LogP contribution in [-0.2, 0) is 9.59 Å². The van der Waals surface area contributed by atoms with Gasteiger partial charge in [0.05, 0.1) is 6.21 Å². The largest absolute Gasteiger partial charge is 0.329 e. The van der Waals surface area contributed by atoms with Crippen LogP contribution in [0.3, 0.4) is 0 Å². The summed E-state index contributed by atoms with van der Waals surface area (Å²) >= 11 is 3.33. The second-order valence-corrected chi connectivity index (χ2v) is 5.49. The van der Waals surface area contributed by atoms with Crippen LogP contribution in [0.1, 0.15) is 11.1 Å². The lowest BCUT2D eigenvalue weighted by Crippen LogP contribution is -2.32. The average Bonchev–Trinajstić information content (AvgIpc) is 2.49. The highest BCUT2D eigenvalue weighted by atomic mass is 79.9. The maximum atomic E-state index is 11.7. The number of hydrogen-bond donors (Lipinski definition) is 2. The van der Waals surface area contributed by atoms with Gasteiger partial charge in [0, 0.05) is 10.2 Å². The molecular formula is C16H14BrN3O2. The summed E-state index contributed by atoms with van der Waals surface area (Å²) in [6.45, 7) is 1.90. The maximum absolute atomic E-state index is 11.7. The monoisotopic (exact) mass is 359 g/mol. The lowest BCUT2D eigenvalue weighted by atomic mass is 10.2. The number of hydrazone groups is 1. The van der Waals surface area contributed by atoms with E-state index in [1.165, 1.54) is 6.21 Å². The summed E-state index contributed by atoms with van der Waals surface area (Å²) in [7, 11) is 0. The van der Waals surface area contributed by atoms with Crippen LogP contribution in [0.15, 0.2) is 58.1 Å². The van der Waals surface area contributed by atoms with Crippen LogP contribution >= 0.6 is 15.9 Å². The number of rotatable bonds is 3. The van der Waals surface area contributed by atoms with Crippen molar-refractivity contribution in [2.24, 2.45) is 5.10 Å². The zero-order valence-corrected chi connectivity index (χ0v) is 13.4. The fraction of sp³-hybridized carbons (Fsp3) is 0.0625. The molecular weight excluding hydrogens is 346 g/mol. The first-order valence-corrected chi connectivity index (χ1v) is 7.30. The SMILES string of the molecule is Cc1cccc(NC(=O)C(=O)NN=Cc2ccc(Br)cc2)c1. The van der Waals surface area contributed by atoms with E-state index in [1.807, 2.05) is 37.3 Å². The van der Waals surface area contributed by atoms with Crippen LogP contribution in [0.5, 0.6) is 0 Å². The van der Waals surface area contributed by atoms with Crippen molar-refractivity contribution in [2.75, 3.05) is 5.32 Å². The van der Waals surface area contributed by atoms with E-state index in [4.69, 9.17) is 0 Å². The molecule has 0 aliphatic rings. The summed E-state index contributed by atoms with van der Waals surface area (Å²) in [5.41, 5.74) is 4.55. The molecule has 6 heteroatoms. The fourth-order valence-corrected chi connectivity index (χ4v) is 1.94. The summed E-state index contributed by atoms with van der Waals surface area (Å²) in [5, 5.41) is 6.26. The molecule has 5 nitrogen and oxygen atoms in total. The van der Waals surface area contributed by atoms with E-state index >= 15 is 0 Å². The fourth-order valence-electron chi connectivity index (χ4n) is 1.68. The van der Waals surface area contributed by atoms with E-state index in [0.29, 0.717) is 5.69 Å². The van der Waals surface area contributed by atoms with Crippen molar-refractivity contribution < 1.29 is 9.59 Å². The Morgan fingerprint density at radius 3 is 2.50 bits per heavy atom. The van der Waals surface area contributed by atoms with Crippen LogP contribution in [-0.4, -0.2) is 18.0 Å². The number of carbonyl (C=O) groups excluding carboxylic acids is 2. The molecule has 0 saturated heterocycles. The zero-order chi connectivity index (χ0) is 15.9. The first-order chi connectivity index (χ1) is 10.5. The summed E-state index contributed by atoms with van der Waals surface area (Å²) in [5.74, 6) is -1.59. The number of nitrogens with zero attached hydrogens (tertiary/aromatic N) is 1. The summed E-state index contributed by atoms with van der Waals surface area (Å²) < 4.78 is 0.950. The van der Waals surface area contributed by atoms with Gasteiger partial charge in [0.1, 0.15) is 0 Å². The molecule has 0 aromatic heterocycles. The van der Waals surface area contributed by atoms with Crippen LogP contribution in [0.2, 0.25) is 0 Å². The molecule has 112 valence electrons. The van der Waals surface area contributed by atoms with E-state index in [2.05, 4.69) is 31.8 Å². The number of hydrogen-bond acceptors (Lipinski definition) is 3. The molecule has 0 aliphatic heterocycles. The Kier molecular flexibility index (Phi) is 5.43. The number of benzene rings is 2. The molecule has 0 spiro atoms.